The van der Waals surface area contributed by atoms with Gasteiger partial charge in [-0.15, -0.1) is 0 Å². The fourth-order valence-electron chi connectivity index (χ4n) is 6.73. The first-order valence-corrected chi connectivity index (χ1v) is 13.1. The predicted octanol–water partition coefficient (Wildman–Crippen LogP) is -0.579. The van der Waals surface area contributed by atoms with Crippen molar-refractivity contribution in [1.29, 1.82) is 0 Å². The zero-order valence-corrected chi connectivity index (χ0v) is 22.2. The molecule has 1 saturated heterocycles. The Morgan fingerprint density at radius 1 is 1.20 bits per heavy atom. The van der Waals surface area contributed by atoms with Crippen LogP contribution in [-0.2, 0) is 25.6 Å². The summed E-state index contributed by atoms with van der Waals surface area (Å²) in [5, 5.41) is 47.3. The molecule has 0 aromatic heterocycles. The number of phenolic OH excluding ortho intramolecular Hbond substituents is 1. The molecule has 12 nitrogen and oxygen atoms in total. The van der Waals surface area contributed by atoms with Crippen LogP contribution in [0.5, 0.6) is 5.75 Å². The van der Waals surface area contributed by atoms with Crippen LogP contribution in [0, 0.1) is 17.7 Å². The number of aliphatic hydroxyl groups is 3. The van der Waals surface area contributed by atoms with Gasteiger partial charge in [0.05, 0.1) is 23.8 Å². The number of halogens is 1. The molecule has 40 heavy (non-hydrogen) atoms. The van der Waals surface area contributed by atoms with Crippen LogP contribution in [0.4, 0.5) is 10.1 Å². The Morgan fingerprint density at radius 2 is 1.85 bits per heavy atom. The number of carbonyl (C=O) groups is 4. The Bertz CT molecular complexity index is 1410. The minimum Gasteiger partial charge on any atom is -0.508 e. The summed E-state index contributed by atoms with van der Waals surface area (Å²) < 4.78 is 15.4. The summed E-state index contributed by atoms with van der Waals surface area (Å²) in [6.07, 6.45) is 1.60. The number of amides is 2. The number of aliphatic hydroxyl groups excluding tert-OH is 2. The second-order valence-electron chi connectivity index (χ2n) is 11.2. The van der Waals surface area contributed by atoms with Crippen LogP contribution >= 0.6 is 0 Å². The quantitative estimate of drug-likeness (QED) is 0.201. The molecule has 1 aliphatic heterocycles. The largest absolute Gasteiger partial charge is 0.508 e. The van der Waals surface area contributed by atoms with Gasteiger partial charge in [0.2, 0.25) is 11.7 Å². The number of aromatic hydroxyl groups is 1. The van der Waals surface area contributed by atoms with Crippen LogP contribution in [0.25, 0.3) is 5.76 Å². The standard InChI is InChI=1S/C27H31FN4O8/c1-31(2)20-13-8-11-7-12-14(28)9-15(30-16(33)10-32-5-3-4-6-32)21(34)18(12)22(35)17(11)24(37)27(13,40)25(38)19(23(20)36)26(29)39/h9,11,13,20,34-35,38,40H,3-8,10H2,1-2H3,(H2,29,39)(H,30,33)/p+1. The van der Waals surface area contributed by atoms with Crippen LogP contribution < -0.4 is 11.1 Å². The second-order valence-corrected chi connectivity index (χ2v) is 11.2. The monoisotopic (exact) mass is 559 g/mol. The molecule has 2 fully saturated rings. The maximum Gasteiger partial charge on any atom is 0.348 e. The minimum atomic E-state index is -2.75. The van der Waals surface area contributed by atoms with E-state index in [0.29, 0.717) is 0 Å². The number of Topliss-reactive ketones (excluding diaryl/α,β-unsaturated/α-hetero) is 2. The molecule has 1 aromatic rings. The molecule has 0 bridgehead atoms. The molecule has 8 N–H and O–H groups in total. The van der Waals surface area contributed by atoms with Gasteiger partial charge >= 0.3 is 5.91 Å². The van der Waals surface area contributed by atoms with Gasteiger partial charge in [-0.25, -0.2) is 9.18 Å². The third-order valence-electron chi connectivity index (χ3n) is 8.54. The molecule has 214 valence electrons. The lowest BCUT2D eigenvalue weighted by Crippen LogP contribution is -2.68. The van der Waals surface area contributed by atoms with E-state index in [1.165, 1.54) is 19.0 Å². The van der Waals surface area contributed by atoms with Gasteiger partial charge in [-0.3, -0.25) is 29.9 Å². The molecule has 2 amide bonds. The molecule has 4 unspecified atom stereocenters. The van der Waals surface area contributed by atoms with Crippen molar-refractivity contribution in [3.63, 3.8) is 0 Å². The first-order chi connectivity index (χ1) is 18.8. The van der Waals surface area contributed by atoms with Crippen molar-refractivity contribution >= 4 is 34.8 Å². The highest BCUT2D eigenvalue weighted by Gasteiger charge is 2.64. The topological polar surface area (TPSA) is 195 Å². The number of anilines is 1. The summed E-state index contributed by atoms with van der Waals surface area (Å²) in [4.78, 5) is 55.1. The summed E-state index contributed by atoms with van der Waals surface area (Å²) >= 11 is 0. The van der Waals surface area contributed by atoms with Gasteiger partial charge in [0.15, 0.2) is 28.5 Å². The number of nitrogens with zero attached hydrogens (tertiary/aromatic N) is 2. The molecule has 3 aliphatic carbocycles. The van der Waals surface area contributed by atoms with Crippen molar-refractivity contribution in [2.24, 2.45) is 11.8 Å². The maximum absolute atomic E-state index is 15.4. The molecule has 0 spiro atoms. The Hall–Kier alpha value is -3.65. The van der Waals surface area contributed by atoms with Crippen LogP contribution in [0.1, 0.15) is 30.4 Å². The number of carbonyl (C=O) groups excluding carboxylic acids is 4. The van der Waals surface area contributed by atoms with Gasteiger partial charge < -0.3 is 25.7 Å². The van der Waals surface area contributed by atoms with E-state index in [2.05, 4.69) is 11.1 Å². The lowest BCUT2D eigenvalue weighted by molar-refractivity contribution is -0.299. The van der Waals surface area contributed by atoms with E-state index >= 15 is 4.39 Å². The third kappa shape index (κ3) is 4.03. The van der Waals surface area contributed by atoms with E-state index in [1.54, 1.807) is 0 Å². The number of likely N-dealkylation sites (N-methyl/N-ethyl adjacent to an activating group) is 1. The number of hydrogen-bond acceptors (Lipinski definition) is 10. The van der Waals surface area contributed by atoms with Gasteiger partial charge in [0.1, 0.15) is 11.6 Å². The molecule has 0 radical (unpaired) electrons. The highest BCUT2D eigenvalue weighted by Crippen LogP contribution is 2.53. The van der Waals surface area contributed by atoms with Gasteiger partial charge in [0.25, 0.3) is 0 Å². The molecule has 13 heteroatoms. The van der Waals surface area contributed by atoms with Gasteiger partial charge in [-0.05, 0) is 58.8 Å². The highest BCUT2D eigenvalue weighted by atomic mass is 19.1. The number of fused-ring (bicyclic) bond motifs is 3. The van der Waals surface area contributed by atoms with Crippen molar-refractivity contribution in [3.8, 4) is 5.75 Å². The normalized spacial score (nSPS) is 28.5. The van der Waals surface area contributed by atoms with Crippen molar-refractivity contribution in [3.05, 3.63) is 39.9 Å². The zero-order valence-electron chi connectivity index (χ0n) is 22.2. The highest BCUT2D eigenvalue weighted by molar-refractivity contribution is 6.22. The summed E-state index contributed by atoms with van der Waals surface area (Å²) in [5.41, 5.74) is -1.58. The fourth-order valence-corrected chi connectivity index (χ4v) is 6.73. The van der Waals surface area contributed by atoms with E-state index in [9.17, 15) is 39.6 Å². The van der Waals surface area contributed by atoms with Crippen LogP contribution in [0.15, 0.2) is 23.0 Å². The molecular formula is C27H32FN4O8+. The number of phenols is 1. The van der Waals surface area contributed by atoms with Crippen LogP contribution in [-0.4, -0.2) is 99.0 Å². The van der Waals surface area contributed by atoms with Crippen LogP contribution in [0.2, 0.25) is 0 Å². The molecular weight excluding hydrogens is 527 g/mol. The van der Waals surface area contributed by atoms with Crippen LogP contribution in [0.3, 0.4) is 0 Å². The summed E-state index contributed by atoms with van der Waals surface area (Å²) in [7, 11) is 3.02. The minimum absolute atomic E-state index is 0.0326. The SMILES string of the molecule is CN(C)C1C(=O)C(C([NH3+])=O)=C(O)C2(O)C(=O)C3=C(O)c4c(O)c(NC(=O)CN5CCCC5)cc(F)c4CC3CC12. The summed E-state index contributed by atoms with van der Waals surface area (Å²) in [5.74, 6) is -9.12. The maximum atomic E-state index is 15.4. The average molecular weight is 560 g/mol. The lowest BCUT2D eigenvalue weighted by Gasteiger charge is -2.50. The molecule has 1 heterocycles. The number of hydrogen-bond donors (Lipinski definition) is 6. The first-order valence-electron chi connectivity index (χ1n) is 13.1. The Balaban J connectivity index is 1.60. The number of quaternary nitrogens is 1. The van der Waals surface area contributed by atoms with E-state index in [4.69, 9.17) is 0 Å². The van der Waals surface area contributed by atoms with Gasteiger partial charge in [-0.1, -0.05) is 0 Å². The van der Waals surface area contributed by atoms with Crippen molar-refractivity contribution in [2.75, 3.05) is 39.0 Å². The molecule has 4 aliphatic rings. The Labute approximate surface area is 228 Å². The smallest absolute Gasteiger partial charge is 0.348 e. The lowest BCUT2D eigenvalue weighted by atomic mass is 9.57. The van der Waals surface area contributed by atoms with Gasteiger partial charge in [-0.2, -0.15) is 0 Å². The average Bonchev–Trinajstić information content (AvgIpc) is 3.37. The number of rotatable bonds is 5. The Kier molecular flexibility index (Phi) is 6.81. The molecule has 4 atom stereocenters. The van der Waals surface area contributed by atoms with Crippen molar-refractivity contribution in [2.45, 2.75) is 37.3 Å². The number of nitrogens with one attached hydrogen (secondary N) is 1. The Morgan fingerprint density at radius 3 is 2.45 bits per heavy atom. The van der Waals surface area contributed by atoms with E-state index in [-0.39, 0.29) is 36.2 Å². The van der Waals surface area contributed by atoms with Crippen molar-refractivity contribution < 1.29 is 49.7 Å². The second kappa shape index (κ2) is 9.77. The molecule has 1 saturated carbocycles. The summed E-state index contributed by atoms with van der Waals surface area (Å²) in [6.45, 7) is 1.51. The summed E-state index contributed by atoms with van der Waals surface area (Å²) in [6, 6.07) is -0.245. The fraction of sp³-hybridized carbons (Fsp3) is 0.481. The third-order valence-corrected chi connectivity index (χ3v) is 8.54. The number of ketones is 2. The van der Waals surface area contributed by atoms with E-state index < -0.39 is 81.1 Å². The number of benzene rings is 1. The molecule has 5 rings (SSSR count). The van der Waals surface area contributed by atoms with E-state index in [1.807, 2.05) is 4.90 Å². The van der Waals surface area contributed by atoms with Crippen molar-refractivity contribution in [1.82, 2.24) is 9.80 Å². The number of likely N-dealkylation sites (tertiary alicyclic amines) is 1. The zero-order chi connectivity index (χ0) is 29.3. The predicted molar refractivity (Wildman–Crippen MR) is 137 cm³/mol. The first kappa shape index (κ1) is 27.9. The van der Waals surface area contributed by atoms with Gasteiger partial charge in [0, 0.05) is 23.1 Å². The van der Waals surface area contributed by atoms with E-state index in [0.717, 1.165) is 32.0 Å². The molecule has 1 aromatic carbocycles.